The first-order chi connectivity index (χ1) is 5.79. The lowest BCUT2D eigenvalue weighted by atomic mass is 9.96. The molecule has 0 bridgehead atoms. The number of aliphatic carboxylic acids is 1. The lowest BCUT2D eigenvalue weighted by molar-refractivity contribution is -0.207. The van der Waals surface area contributed by atoms with Crippen LogP contribution in [0, 0.1) is 0 Å². The Morgan fingerprint density at radius 1 is 1.54 bits per heavy atom. The SMILES string of the molecule is O=C(O)[C@]1(C(F)(F)F)CC(O)CN1. The van der Waals surface area contributed by atoms with Crippen molar-refractivity contribution in [1.82, 2.24) is 5.32 Å². The van der Waals surface area contributed by atoms with E-state index in [1.54, 1.807) is 5.32 Å². The van der Waals surface area contributed by atoms with Crippen molar-refractivity contribution in [2.24, 2.45) is 0 Å². The monoisotopic (exact) mass is 199 g/mol. The maximum Gasteiger partial charge on any atom is 0.417 e. The molecule has 7 heteroatoms. The summed E-state index contributed by atoms with van der Waals surface area (Å²) in [6, 6.07) is 0. The number of alkyl halides is 3. The van der Waals surface area contributed by atoms with Crippen LogP contribution in [0.2, 0.25) is 0 Å². The lowest BCUT2D eigenvalue weighted by Gasteiger charge is -2.26. The van der Waals surface area contributed by atoms with Crippen LogP contribution >= 0.6 is 0 Å². The van der Waals surface area contributed by atoms with Crippen molar-refractivity contribution in [3.63, 3.8) is 0 Å². The van der Waals surface area contributed by atoms with Crippen molar-refractivity contribution in [1.29, 1.82) is 0 Å². The van der Waals surface area contributed by atoms with Gasteiger partial charge in [-0.2, -0.15) is 13.2 Å². The Balaban J connectivity index is 2.97. The van der Waals surface area contributed by atoms with E-state index >= 15 is 0 Å². The summed E-state index contributed by atoms with van der Waals surface area (Å²) in [6.45, 7) is -0.355. The van der Waals surface area contributed by atoms with Gasteiger partial charge in [-0.1, -0.05) is 0 Å². The summed E-state index contributed by atoms with van der Waals surface area (Å²) in [4.78, 5) is 10.4. The Hall–Kier alpha value is -0.820. The minimum Gasteiger partial charge on any atom is -0.480 e. The van der Waals surface area contributed by atoms with E-state index in [0.29, 0.717) is 0 Å². The van der Waals surface area contributed by atoms with Gasteiger partial charge in [-0.15, -0.1) is 0 Å². The maximum atomic E-state index is 12.3. The maximum absolute atomic E-state index is 12.3. The van der Waals surface area contributed by atoms with E-state index in [4.69, 9.17) is 10.2 Å². The van der Waals surface area contributed by atoms with Crippen LogP contribution in [0.15, 0.2) is 0 Å². The molecule has 0 spiro atoms. The van der Waals surface area contributed by atoms with Crippen LogP contribution in [0.5, 0.6) is 0 Å². The summed E-state index contributed by atoms with van der Waals surface area (Å²) in [6.07, 6.45) is -7.00. The number of halogens is 3. The number of carbonyl (C=O) groups is 1. The molecule has 0 radical (unpaired) electrons. The highest BCUT2D eigenvalue weighted by molar-refractivity contribution is 5.80. The number of carboxylic acid groups (broad SMARTS) is 1. The van der Waals surface area contributed by atoms with Gasteiger partial charge in [0.2, 0.25) is 5.54 Å². The second-order valence-corrected chi connectivity index (χ2v) is 2.95. The predicted octanol–water partition coefficient (Wildman–Crippen LogP) is -0.274. The van der Waals surface area contributed by atoms with Gasteiger partial charge in [-0.05, 0) is 0 Å². The highest BCUT2D eigenvalue weighted by Crippen LogP contribution is 2.37. The lowest BCUT2D eigenvalue weighted by Crippen LogP contribution is -2.58. The Labute approximate surface area is 71.4 Å². The standard InChI is InChI=1S/C6H8F3NO3/c7-6(8,9)5(4(12)13)1-3(11)2-10-5/h3,10-11H,1-2H2,(H,12,13)/t3?,5-/m0/s1. The van der Waals surface area contributed by atoms with Crippen LogP contribution in [-0.4, -0.2) is 40.5 Å². The van der Waals surface area contributed by atoms with Crippen LogP contribution in [0.1, 0.15) is 6.42 Å². The van der Waals surface area contributed by atoms with E-state index in [0.717, 1.165) is 0 Å². The number of aliphatic hydroxyl groups excluding tert-OH is 1. The molecule has 0 amide bonds. The molecule has 1 saturated heterocycles. The second kappa shape index (κ2) is 2.85. The number of carboxylic acids is 1. The van der Waals surface area contributed by atoms with Crippen molar-refractivity contribution in [2.45, 2.75) is 24.2 Å². The molecule has 1 aliphatic heterocycles. The molecule has 2 atom stereocenters. The number of β-amino-alcohol motifs (C(OH)–C–C–N with tert-alkyl or cyclic N) is 1. The molecule has 76 valence electrons. The molecule has 13 heavy (non-hydrogen) atoms. The summed E-state index contributed by atoms with van der Waals surface area (Å²) in [5.41, 5.74) is -2.98. The molecule has 0 aliphatic carbocycles. The first-order valence-corrected chi connectivity index (χ1v) is 3.53. The third kappa shape index (κ3) is 1.49. The molecule has 4 nitrogen and oxygen atoms in total. The number of hydrogen-bond donors (Lipinski definition) is 3. The summed E-state index contributed by atoms with van der Waals surface area (Å²) in [5.74, 6) is -2.00. The van der Waals surface area contributed by atoms with Crippen LogP contribution in [0.3, 0.4) is 0 Å². The zero-order chi connectivity index (χ0) is 10.3. The Morgan fingerprint density at radius 3 is 2.23 bits per heavy atom. The number of rotatable bonds is 1. The third-order valence-corrected chi connectivity index (χ3v) is 2.03. The average Bonchev–Trinajstić information content (AvgIpc) is 2.30. The van der Waals surface area contributed by atoms with Crippen molar-refractivity contribution in [3.05, 3.63) is 0 Å². The normalized spacial score (nSPS) is 34.9. The highest BCUT2D eigenvalue weighted by atomic mass is 19.4. The summed E-state index contributed by atoms with van der Waals surface area (Å²) in [5, 5.41) is 19.1. The quantitative estimate of drug-likeness (QED) is 0.543. The fraction of sp³-hybridized carbons (Fsp3) is 0.833. The fourth-order valence-corrected chi connectivity index (χ4v) is 1.29. The number of aliphatic hydroxyl groups is 1. The van der Waals surface area contributed by atoms with Gasteiger partial charge < -0.3 is 10.2 Å². The summed E-state index contributed by atoms with van der Waals surface area (Å²) < 4.78 is 36.9. The molecule has 1 unspecified atom stereocenters. The topological polar surface area (TPSA) is 69.6 Å². The zero-order valence-electron chi connectivity index (χ0n) is 6.43. The van der Waals surface area contributed by atoms with E-state index in [2.05, 4.69) is 0 Å². The number of hydrogen-bond acceptors (Lipinski definition) is 3. The average molecular weight is 199 g/mol. The highest BCUT2D eigenvalue weighted by Gasteiger charge is 2.63. The Kier molecular flexibility index (Phi) is 2.25. The van der Waals surface area contributed by atoms with Gasteiger partial charge in [0.25, 0.3) is 0 Å². The number of nitrogens with one attached hydrogen (secondary N) is 1. The van der Waals surface area contributed by atoms with E-state index in [1.165, 1.54) is 0 Å². The molecule has 0 aromatic heterocycles. The molecule has 1 aliphatic rings. The summed E-state index contributed by atoms with van der Waals surface area (Å²) >= 11 is 0. The van der Waals surface area contributed by atoms with Crippen molar-refractivity contribution in [3.8, 4) is 0 Å². The van der Waals surface area contributed by atoms with Gasteiger partial charge in [0.05, 0.1) is 6.10 Å². The van der Waals surface area contributed by atoms with Crippen molar-refractivity contribution in [2.75, 3.05) is 6.54 Å². The molecule has 1 fully saturated rings. The van der Waals surface area contributed by atoms with E-state index in [9.17, 15) is 18.0 Å². The zero-order valence-corrected chi connectivity index (χ0v) is 6.43. The van der Waals surface area contributed by atoms with Crippen molar-refractivity contribution < 1.29 is 28.2 Å². The van der Waals surface area contributed by atoms with E-state index < -0.39 is 30.2 Å². The van der Waals surface area contributed by atoms with Gasteiger partial charge in [0.1, 0.15) is 0 Å². The second-order valence-electron chi connectivity index (χ2n) is 2.95. The molecule has 0 aromatic rings. The first-order valence-electron chi connectivity index (χ1n) is 3.53. The van der Waals surface area contributed by atoms with Gasteiger partial charge in [-0.25, -0.2) is 4.79 Å². The van der Waals surface area contributed by atoms with Crippen LogP contribution in [0.25, 0.3) is 0 Å². The fourth-order valence-electron chi connectivity index (χ4n) is 1.29. The van der Waals surface area contributed by atoms with Gasteiger partial charge in [0.15, 0.2) is 0 Å². The molecule has 1 rings (SSSR count). The molecular weight excluding hydrogens is 191 g/mol. The van der Waals surface area contributed by atoms with E-state index in [-0.39, 0.29) is 6.54 Å². The summed E-state index contributed by atoms with van der Waals surface area (Å²) in [7, 11) is 0. The minimum absolute atomic E-state index is 0.355. The molecule has 0 aromatic carbocycles. The van der Waals surface area contributed by atoms with Gasteiger partial charge in [0, 0.05) is 13.0 Å². The third-order valence-electron chi connectivity index (χ3n) is 2.03. The smallest absolute Gasteiger partial charge is 0.417 e. The molecule has 1 heterocycles. The van der Waals surface area contributed by atoms with Crippen LogP contribution in [-0.2, 0) is 4.79 Å². The van der Waals surface area contributed by atoms with Crippen LogP contribution < -0.4 is 5.32 Å². The molecule has 3 N–H and O–H groups in total. The predicted molar refractivity (Wildman–Crippen MR) is 35.0 cm³/mol. The first kappa shape index (κ1) is 10.3. The molecule has 0 saturated carbocycles. The van der Waals surface area contributed by atoms with Crippen LogP contribution in [0.4, 0.5) is 13.2 Å². The Morgan fingerprint density at radius 2 is 2.08 bits per heavy atom. The minimum atomic E-state index is -4.89. The van der Waals surface area contributed by atoms with Gasteiger partial charge in [-0.3, -0.25) is 5.32 Å². The molecular formula is C6H8F3NO3. The van der Waals surface area contributed by atoms with E-state index in [1.807, 2.05) is 0 Å². The Bertz CT molecular complexity index is 230. The van der Waals surface area contributed by atoms with Gasteiger partial charge >= 0.3 is 12.1 Å². The largest absolute Gasteiger partial charge is 0.480 e. The van der Waals surface area contributed by atoms with Crippen molar-refractivity contribution >= 4 is 5.97 Å².